The smallest absolute Gasteiger partial charge is 0.411 e. The van der Waals surface area contributed by atoms with Gasteiger partial charge in [-0.05, 0) is 44.1 Å². The van der Waals surface area contributed by atoms with E-state index < -0.39 is 6.09 Å². The van der Waals surface area contributed by atoms with Gasteiger partial charge in [0.2, 0.25) is 0 Å². The molecule has 1 saturated heterocycles. The summed E-state index contributed by atoms with van der Waals surface area (Å²) in [6.07, 6.45) is 3.37. The van der Waals surface area contributed by atoms with Crippen LogP contribution in [0.3, 0.4) is 0 Å². The molecule has 1 N–H and O–H groups in total. The summed E-state index contributed by atoms with van der Waals surface area (Å²) in [5, 5.41) is 3.25. The van der Waals surface area contributed by atoms with Crippen LogP contribution in [0.4, 0.5) is 10.5 Å². The Hall–Kier alpha value is -0.970. The van der Waals surface area contributed by atoms with E-state index in [0.717, 1.165) is 19.6 Å². The second-order valence-electron chi connectivity index (χ2n) is 4.67. The van der Waals surface area contributed by atoms with Gasteiger partial charge in [0.1, 0.15) is 6.61 Å². The van der Waals surface area contributed by atoms with Gasteiger partial charge in [0, 0.05) is 17.3 Å². The van der Waals surface area contributed by atoms with Crippen LogP contribution < -0.4 is 5.32 Å². The Morgan fingerprint density at radius 1 is 1.30 bits per heavy atom. The molecular weight excluding hydrogens is 299 g/mol. The van der Waals surface area contributed by atoms with E-state index in [2.05, 4.69) is 10.2 Å². The Bertz CT molecular complexity index is 423. The first-order valence-electron chi connectivity index (χ1n) is 6.66. The fourth-order valence-electron chi connectivity index (χ4n) is 2.17. The molecule has 0 spiro atoms. The van der Waals surface area contributed by atoms with Crippen LogP contribution >= 0.6 is 24.0 Å². The number of hydrogen-bond donors (Lipinski definition) is 1. The molecular formula is C14H20Cl2N2O2. The average Bonchev–Trinajstić information content (AvgIpc) is 2.40. The summed E-state index contributed by atoms with van der Waals surface area (Å²) in [4.78, 5) is 13.9. The van der Waals surface area contributed by atoms with E-state index in [0.29, 0.717) is 17.3 Å². The van der Waals surface area contributed by atoms with Crippen molar-refractivity contribution in [2.45, 2.75) is 19.3 Å². The first-order valence-corrected chi connectivity index (χ1v) is 7.03. The lowest BCUT2D eigenvalue weighted by Gasteiger charge is -2.25. The lowest BCUT2D eigenvalue weighted by molar-refractivity contribution is 0.131. The minimum Gasteiger partial charge on any atom is -0.448 e. The Kier molecular flexibility index (Phi) is 7.73. The molecule has 0 saturated carbocycles. The molecule has 20 heavy (non-hydrogen) atoms. The Morgan fingerprint density at radius 2 is 2.05 bits per heavy atom. The van der Waals surface area contributed by atoms with Gasteiger partial charge in [0.05, 0.1) is 0 Å². The summed E-state index contributed by atoms with van der Waals surface area (Å²) in [6.45, 7) is 3.45. The zero-order valence-electron chi connectivity index (χ0n) is 11.3. The SMILES string of the molecule is Cl.O=C(Nc1cccc(Cl)c1)OCCN1CCCCC1. The fraction of sp³-hybridized carbons (Fsp3) is 0.500. The highest BCUT2D eigenvalue weighted by Gasteiger charge is 2.10. The normalized spacial score (nSPS) is 15.2. The summed E-state index contributed by atoms with van der Waals surface area (Å²) in [6, 6.07) is 7.01. The predicted octanol–water partition coefficient (Wildman–Crippen LogP) is 3.80. The van der Waals surface area contributed by atoms with E-state index in [1.807, 2.05) is 0 Å². The number of rotatable bonds is 4. The van der Waals surface area contributed by atoms with E-state index >= 15 is 0 Å². The van der Waals surface area contributed by atoms with Crippen molar-refractivity contribution in [1.82, 2.24) is 4.90 Å². The third kappa shape index (κ3) is 5.99. The van der Waals surface area contributed by atoms with Crippen LogP contribution in [-0.2, 0) is 4.74 Å². The molecule has 0 aliphatic carbocycles. The summed E-state index contributed by atoms with van der Waals surface area (Å²) < 4.78 is 5.15. The van der Waals surface area contributed by atoms with Crippen LogP contribution in [0, 0.1) is 0 Å². The highest BCUT2D eigenvalue weighted by molar-refractivity contribution is 6.30. The van der Waals surface area contributed by atoms with E-state index in [9.17, 15) is 4.79 Å². The number of nitrogens with zero attached hydrogens (tertiary/aromatic N) is 1. The molecule has 0 unspecified atom stereocenters. The van der Waals surface area contributed by atoms with Crippen LogP contribution in [0.1, 0.15) is 19.3 Å². The quantitative estimate of drug-likeness (QED) is 0.918. The second kappa shape index (κ2) is 9.06. The number of halogens is 2. The summed E-state index contributed by atoms with van der Waals surface area (Å²) in [5.41, 5.74) is 0.649. The van der Waals surface area contributed by atoms with Crippen LogP contribution in [0.5, 0.6) is 0 Å². The Morgan fingerprint density at radius 3 is 2.75 bits per heavy atom. The zero-order valence-corrected chi connectivity index (χ0v) is 12.9. The largest absolute Gasteiger partial charge is 0.448 e. The first-order chi connectivity index (χ1) is 9.24. The van der Waals surface area contributed by atoms with Crippen molar-refractivity contribution in [2.24, 2.45) is 0 Å². The number of carbonyl (C=O) groups excluding carboxylic acids is 1. The lowest BCUT2D eigenvalue weighted by atomic mass is 10.1. The maximum Gasteiger partial charge on any atom is 0.411 e. The number of piperidine rings is 1. The van der Waals surface area contributed by atoms with Crippen molar-refractivity contribution in [1.29, 1.82) is 0 Å². The molecule has 0 radical (unpaired) electrons. The van der Waals surface area contributed by atoms with Crippen molar-refractivity contribution in [3.63, 3.8) is 0 Å². The average molecular weight is 319 g/mol. The minimum absolute atomic E-state index is 0. The van der Waals surface area contributed by atoms with Gasteiger partial charge in [0.25, 0.3) is 0 Å². The van der Waals surface area contributed by atoms with E-state index in [1.54, 1.807) is 24.3 Å². The molecule has 1 aliphatic rings. The van der Waals surface area contributed by atoms with Gasteiger partial charge in [-0.3, -0.25) is 10.2 Å². The van der Waals surface area contributed by atoms with Crippen LogP contribution in [0.25, 0.3) is 0 Å². The van der Waals surface area contributed by atoms with Gasteiger partial charge in [-0.1, -0.05) is 24.1 Å². The molecule has 1 aliphatic heterocycles. The molecule has 0 atom stereocenters. The third-order valence-electron chi connectivity index (χ3n) is 3.16. The topological polar surface area (TPSA) is 41.6 Å². The van der Waals surface area contributed by atoms with Gasteiger partial charge in [-0.25, -0.2) is 4.79 Å². The Balaban J connectivity index is 0.00000200. The molecule has 1 amide bonds. The third-order valence-corrected chi connectivity index (χ3v) is 3.40. The molecule has 0 aromatic heterocycles. The van der Waals surface area contributed by atoms with Crippen molar-refractivity contribution in [3.05, 3.63) is 29.3 Å². The lowest BCUT2D eigenvalue weighted by Crippen LogP contribution is -2.33. The number of nitrogens with one attached hydrogen (secondary N) is 1. The maximum absolute atomic E-state index is 11.6. The summed E-state index contributed by atoms with van der Waals surface area (Å²) in [7, 11) is 0. The molecule has 4 nitrogen and oxygen atoms in total. The van der Waals surface area contributed by atoms with Crippen LogP contribution in [-0.4, -0.2) is 37.2 Å². The monoisotopic (exact) mass is 318 g/mol. The van der Waals surface area contributed by atoms with Crippen molar-refractivity contribution in [3.8, 4) is 0 Å². The molecule has 0 bridgehead atoms. The van der Waals surface area contributed by atoms with Crippen LogP contribution in [0.15, 0.2) is 24.3 Å². The fourth-order valence-corrected chi connectivity index (χ4v) is 2.36. The molecule has 6 heteroatoms. The number of benzene rings is 1. The highest BCUT2D eigenvalue weighted by Crippen LogP contribution is 2.15. The van der Waals surface area contributed by atoms with Crippen LogP contribution in [0.2, 0.25) is 5.02 Å². The number of anilines is 1. The predicted molar refractivity (Wildman–Crippen MR) is 84.0 cm³/mol. The number of ether oxygens (including phenoxy) is 1. The maximum atomic E-state index is 11.6. The number of likely N-dealkylation sites (tertiary alicyclic amines) is 1. The van der Waals surface area contributed by atoms with E-state index in [4.69, 9.17) is 16.3 Å². The van der Waals surface area contributed by atoms with Crippen molar-refractivity contribution in [2.75, 3.05) is 31.6 Å². The molecule has 1 aromatic carbocycles. The van der Waals surface area contributed by atoms with Gasteiger partial charge in [0.15, 0.2) is 0 Å². The van der Waals surface area contributed by atoms with Crippen molar-refractivity contribution < 1.29 is 9.53 Å². The molecule has 112 valence electrons. The summed E-state index contributed by atoms with van der Waals surface area (Å²) >= 11 is 5.84. The zero-order chi connectivity index (χ0) is 13.5. The van der Waals surface area contributed by atoms with Crippen molar-refractivity contribution >= 4 is 35.8 Å². The molecule has 1 fully saturated rings. The summed E-state index contributed by atoms with van der Waals surface area (Å²) in [5.74, 6) is 0. The van der Waals surface area contributed by atoms with Gasteiger partial charge < -0.3 is 4.74 Å². The molecule has 1 heterocycles. The minimum atomic E-state index is -0.431. The second-order valence-corrected chi connectivity index (χ2v) is 5.11. The molecule has 2 rings (SSSR count). The van der Waals surface area contributed by atoms with Gasteiger partial charge in [-0.2, -0.15) is 0 Å². The number of carbonyl (C=O) groups is 1. The van der Waals surface area contributed by atoms with E-state index in [1.165, 1.54) is 19.3 Å². The highest BCUT2D eigenvalue weighted by atomic mass is 35.5. The number of hydrogen-bond acceptors (Lipinski definition) is 3. The first kappa shape index (κ1) is 17.1. The van der Waals surface area contributed by atoms with Gasteiger partial charge in [-0.15, -0.1) is 12.4 Å². The standard InChI is InChI=1S/C14H19ClN2O2.ClH/c15-12-5-4-6-13(11-12)16-14(18)19-10-9-17-7-2-1-3-8-17;/h4-6,11H,1-3,7-10H2,(H,16,18);1H. The molecule has 1 aromatic rings. The van der Waals surface area contributed by atoms with E-state index in [-0.39, 0.29) is 12.4 Å². The number of amides is 1. The van der Waals surface area contributed by atoms with Gasteiger partial charge >= 0.3 is 6.09 Å². The Labute approximate surface area is 130 Å².